The molecule has 3 rings (SSSR count). The molecule has 1 heterocycles. The molecule has 0 amide bonds. The summed E-state index contributed by atoms with van der Waals surface area (Å²) in [6.07, 6.45) is 2.85. The summed E-state index contributed by atoms with van der Waals surface area (Å²) in [5.41, 5.74) is 6.36. The van der Waals surface area contributed by atoms with Gasteiger partial charge in [-0.2, -0.15) is 9.40 Å². The quantitative estimate of drug-likeness (QED) is 0.875. The highest BCUT2D eigenvalue weighted by molar-refractivity contribution is 7.89. The topological polar surface area (TPSA) is 92.1 Å². The van der Waals surface area contributed by atoms with Gasteiger partial charge in [-0.3, -0.25) is 5.10 Å². The van der Waals surface area contributed by atoms with E-state index in [2.05, 4.69) is 10.2 Å². The number of benzene rings is 1. The molecule has 0 saturated heterocycles. The van der Waals surface area contributed by atoms with Gasteiger partial charge in [0.25, 0.3) is 0 Å². The van der Waals surface area contributed by atoms with Crippen molar-refractivity contribution in [2.75, 3.05) is 5.73 Å². The van der Waals surface area contributed by atoms with Crippen LogP contribution in [0.15, 0.2) is 35.4 Å². The summed E-state index contributed by atoms with van der Waals surface area (Å²) in [7, 11) is -3.71. The van der Waals surface area contributed by atoms with Crippen LogP contribution in [-0.4, -0.2) is 29.0 Å². The van der Waals surface area contributed by atoms with Crippen molar-refractivity contribution in [3.05, 3.63) is 41.8 Å². The lowest BCUT2D eigenvalue weighted by atomic mass is 10.2. The van der Waals surface area contributed by atoms with Crippen molar-refractivity contribution < 1.29 is 12.8 Å². The Labute approximate surface area is 121 Å². The molecule has 0 bridgehead atoms. The highest BCUT2D eigenvalue weighted by Gasteiger charge is 2.39. The van der Waals surface area contributed by atoms with Crippen LogP contribution in [0.4, 0.5) is 10.2 Å². The van der Waals surface area contributed by atoms with E-state index in [1.54, 1.807) is 12.1 Å². The average Bonchev–Trinajstić information content (AvgIpc) is 3.18. The van der Waals surface area contributed by atoms with Crippen molar-refractivity contribution in [1.82, 2.24) is 14.5 Å². The third-order valence-corrected chi connectivity index (χ3v) is 5.35. The van der Waals surface area contributed by atoms with Crippen molar-refractivity contribution >= 4 is 15.8 Å². The first-order valence-electron chi connectivity index (χ1n) is 6.53. The van der Waals surface area contributed by atoms with Crippen LogP contribution >= 0.6 is 0 Å². The van der Waals surface area contributed by atoms with Crippen LogP contribution in [0.25, 0.3) is 0 Å². The number of hydrogen-bond acceptors (Lipinski definition) is 4. The summed E-state index contributed by atoms with van der Waals surface area (Å²) in [4.78, 5) is -0.0171. The molecule has 1 saturated carbocycles. The predicted molar refractivity (Wildman–Crippen MR) is 75.2 cm³/mol. The van der Waals surface area contributed by atoms with Crippen molar-refractivity contribution in [1.29, 1.82) is 0 Å². The number of rotatable bonds is 5. The number of aromatic nitrogens is 2. The Kier molecular flexibility index (Phi) is 3.42. The number of halogens is 1. The number of nitrogens with zero attached hydrogens (tertiary/aromatic N) is 2. The first-order valence-corrected chi connectivity index (χ1v) is 7.97. The van der Waals surface area contributed by atoms with Crippen LogP contribution in [-0.2, 0) is 16.6 Å². The third kappa shape index (κ3) is 2.77. The molecule has 3 N–H and O–H groups in total. The molecule has 0 spiro atoms. The van der Waals surface area contributed by atoms with E-state index < -0.39 is 10.0 Å². The Morgan fingerprint density at radius 1 is 1.33 bits per heavy atom. The molecular formula is C13H15FN4O2S. The number of nitrogens with two attached hydrogens (primary N) is 1. The van der Waals surface area contributed by atoms with Gasteiger partial charge in [0.2, 0.25) is 10.0 Å². The number of nitrogens with one attached hydrogen (secondary N) is 1. The second kappa shape index (κ2) is 5.12. The summed E-state index contributed by atoms with van der Waals surface area (Å²) >= 11 is 0. The molecule has 1 fully saturated rings. The van der Waals surface area contributed by atoms with Crippen LogP contribution < -0.4 is 5.73 Å². The van der Waals surface area contributed by atoms with Crippen LogP contribution in [0.1, 0.15) is 18.4 Å². The van der Waals surface area contributed by atoms with Crippen LogP contribution in [0, 0.1) is 5.82 Å². The van der Waals surface area contributed by atoms with E-state index in [4.69, 9.17) is 5.73 Å². The first-order chi connectivity index (χ1) is 9.98. The van der Waals surface area contributed by atoms with E-state index in [0.717, 1.165) is 18.4 Å². The summed E-state index contributed by atoms with van der Waals surface area (Å²) in [5, 5.41) is 6.10. The van der Waals surface area contributed by atoms with Gasteiger partial charge in [-0.25, -0.2) is 12.8 Å². The molecule has 112 valence electrons. The monoisotopic (exact) mass is 310 g/mol. The average molecular weight is 310 g/mol. The minimum atomic E-state index is -3.71. The molecule has 0 unspecified atom stereocenters. The highest BCUT2D eigenvalue weighted by atomic mass is 32.2. The smallest absolute Gasteiger partial charge is 0.248 e. The van der Waals surface area contributed by atoms with Gasteiger partial charge in [0.05, 0.1) is 6.20 Å². The van der Waals surface area contributed by atoms with Crippen LogP contribution in [0.5, 0.6) is 0 Å². The van der Waals surface area contributed by atoms with Crippen molar-refractivity contribution in [3.8, 4) is 0 Å². The van der Waals surface area contributed by atoms with Gasteiger partial charge in [0.1, 0.15) is 16.5 Å². The van der Waals surface area contributed by atoms with E-state index in [1.807, 2.05) is 0 Å². The SMILES string of the molecule is Nc1[nH]ncc1S(=O)(=O)N(Cc1ccc(F)cc1)C1CC1. The van der Waals surface area contributed by atoms with Gasteiger partial charge in [-0.1, -0.05) is 12.1 Å². The first kappa shape index (κ1) is 14.0. The third-order valence-electron chi connectivity index (χ3n) is 3.42. The zero-order valence-corrected chi connectivity index (χ0v) is 12.0. The number of aromatic amines is 1. The number of sulfonamides is 1. The number of H-pyrrole nitrogens is 1. The van der Waals surface area contributed by atoms with E-state index in [9.17, 15) is 12.8 Å². The van der Waals surface area contributed by atoms with E-state index in [1.165, 1.54) is 22.6 Å². The standard InChI is InChI=1S/C13H15FN4O2S/c14-10-3-1-9(2-4-10)8-18(11-5-6-11)21(19,20)12-7-16-17-13(12)15/h1-4,7,11H,5-6,8H2,(H3,15,16,17). The predicted octanol–water partition coefficient (Wildman–Crippen LogP) is 1.48. The maximum absolute atomic E-state index is 12.9. The number of hydrogen-bond donors (Lipinski definition) is 2. The maximum Gasteiger partial charge on any atom is 0.248 e. The van der Waals surface area contributed by atoms with E-state index in [-0.39, 0.29) is 29.1 Å². The lowest BCUT2D eigenvalue weighted by Gasteiger charge is -2.21. The largest absolute Gasteiger partial charge is 0.383 e. The van der Waals surface area contributed by atoms with Crippen LogP contribution in [0.2, 0.25) is 0 Å². The number of anilines is 1. The lowest BCUT2D eigenvalue weighted by molar-refractivity contribution is 0.398. The summed E-state index contributed by atoms with van der Waals surface area (Å²) in [6, 6.07) is 5.77. The van der Waals surface area contributed by atoms with Gasteiger partial charge < -0.3 is 5.73 Å². The fourth-order valence-electron chi connectivity index (χ4n) is 2.16. The Morgan fingerprint density at radius 2 is 2.00 bits per heavy atom. The minimum Gasteiger partial charge on any atom is -0.383 e. The van der Waals surface area contributed by atoms with Gasteiger partial charge in [0.15, 0.2) is 0 Å². The molecule has 1 aromatic carbocycles. The molecule has 8 heteroatoms. The molecule has 1 aliphatic rings. The van der Waals surface area contributed by atoms with Crippen molar-refractivity contribution in [2.45, 2.75) is 30.3 Å². The molecule has 0 aliphatic heterocycles. The Bertz CT molecular complexity index is 738. The van der Waals surface area contributed by atoms with Gasteiger partial charge in [-0.05, 0) is 30.5 Å². The Balaban J connectivity index is 1.91. The fraction of sp³-hybridized carbons (Fsp3) is 0.308. The van der Waals surface area contributed by atoms with Gasteiger partial charge in [-0.15, -0.1) is 0 Å². The lowest BCUT2D eigenvalue weighted by Crippen LogP contribution is -2.32. The van der Waals surface area contributed by atoms with Gasteiger partial charge >= 0.3 is 0 Å². The zero-order valence-electron chi connectivity index (χ0n) is 11.2. The molecule has 1 aliphatic carbocycles. The Hall–Kier alpha value is -1.93. The van der Waals surface area contributed by atoms with E-state index >= 15 is 0 Å². The van der Waals surface area contributed by atoms with Crippen molar-refractivity contribution in [3.63, 3.8) is 0 Å². The normalized spacial score (nSPS) is 15.5. The van der Waals surface area contributed by atoms with Crippen molar-refractivity contribution in [2.24, 2.45) is 0 Å². The van der Waals surface area contributed by atoms with Crippen LogP contribution in [0.3, 0.4) is 0 Å². The second-order valence-corrected chi connectivity index (χ2v) is 6.91. The maximum atomic E-state index is 12.9. The highest BCUT2D eigenvalue weighted by Crippen LogP contribution is 2.34. The molecule has 0 atom stereocenters. The fourth-order valence-corrected chi connectivity index (χ4v) is 3.84. The van der Waals surface area contributed by atoms with Gasteiger partial charge in [0, 0.05) is 12.6 Å². The molecule has 21 heavy (non-hydrogen) atoms. The molecule has 0 radical (unpaired) electrons. The van der Waals surface area contributed by atoms with E-state index in [0.29, 0.717) is 0 Å². The number of nitrogen functional groups attached to an aromatic ring is 1. The summed E-state index contributed by atoms with van der Waals surface area (Å²) in [5.74, 6) is -0.321. The summed E-state index contributed by atoms with van der Waals surface area (Å²) in [6.45, 7) is 0.192. The summed E-state index contributed by atoms with van der Waals surface area (Å²) < 4.78 is 39.7. The minimum absolute atomic E-state index is 0.0171. The molecule has 6 nitrogen and oxygen atoms in total. The molecule has 2 aromatic rings. The second-order valence-electron chi connectivity index (χ2n) is 5.06. The molecule has 1 aromatic heterocycles. The Morgan fingerprint density at radius 3 is 2.52 bits per heavy atom. The zero-order chi connectivity index (χ0) is 15.0. The molecular weight excluding hydrogens is 295 g/mol.